The van der Waals surface area contributed by atoms with E-state index in [0.29, 0.717) is 80.9 Å². The molecule has 0 unspecified atom stereocenters. The number of carbonyl (C=O) groups is 4. The highest BCUT2D eigenvalue weighted by atomic mass is 32.2. The van der Waals surface area contributed by atoms with Gasteiger partial charge in [0.25, 0.3) is 10.1 Å². The molecule has 3 aliphatic heterocycles. The minimum atomic E-state index is -4.26. The molecule has 0 saturated carbocycles. The fraction of sp³-hybridized carbons (Fsp3) is 0.419. The standard InChI is InChI=1S/C31H36N2O5S.C28H30N2O2.C3H6O3S.6O3S/c1-6-9-28(34)25-18-23(19-26(32-25)29(35)10-7-2)21-11-13-24-22(17-21)12-14-27-30(24)31(4,5)20(3)33(27)15-8-16-39(36,37)38;1-6-8-25(31)23-15-20(16-24(30-23)26(32)9-7-2)18-10-12-21-19(14-18)11-13-22-27(21)28(4,5)17(3)29-22;4-7(5)3-1-2-6-7;6*1-4(2)3/h11-14,17-19H,6-10,15-16H2,1-5H3;10-16H,6-9H2,1-5H3;1-3H2;;;;;;. The van der Waals surface area contributed by atoms with E-state index in [1.165, 1.54) is 10.9 Å². The third-order valence-electron chi connectivity index (χ3n) is 15.0. The Morgan fingerprint density at radius 3 is 1.15 bits per heavy atom. The van der Waals surface area contributed by atoms with Crippen molar-refractivity contribution in [2.75, 3.05) is 24.7 Å². The average Bonchev–Trinajstić information content (AvgIpc) is 1.57. The third-order valence-corrected chi connectivity index (χ3v) is 17.1. The predicted octanol–water partition coefficient (Wildman–Crippen LogP) is 7.16. The highest BCUT2D eigenvalue weighted by molar-refractivity contribution is 7.87. The van der Waals surface area contributed by atoms with Crippen LogP contribution in [0.5, 0.6) is 0 Å². The van der Waals surface area contributed by atoms with E-state index in [0.717, 1.165) is 79.6 Å². The summed E-state index contributed by atoms with van der Waals surface area (Å²) >= 11 is 0. The van der Waals surface area contributed by atoms with Gasteiger partial charge in [-0.05, 0) is 151 Å². The summed E-state index contributed by atoms with van der Waals surface area (Å²) < 4.78 is 212. The number of ketones is 4. The van der Waals surface area contributed by atoms with Gasteiger partial charge in [0.05, 0.1) is 33.6 Å². The first-order valence-corrected chi connectivity index (χ1v) is 39.3. The van der Waals surface area contributed by atoms with Gasteiger partial charge in [0.1, 0.15) is 29.3 Å². The van der Waals surface area contributed by atoms with Crippen LogP contribution in [0.1, 0.15) is 187 Å². The van der Waals surface area contributed by atoms with Crippen LogP contribution in [-0.2, 0) is 98.9 Å². The molecule has 102 heavy (non-hydrogen) atoms. The van der Waals surface area contributed by atoms with Crippen molar-refractivity contribution < 1.29 is 125 Å². The van der Waals surface area contributed by atoms with Gasteiger partial charge in [-0.1, -0.05) is 71.9 Å². The molecule has 1 fully saturated rings. The third kappa shape index (κ3) is 30.8. The second-order valence-electron chi connectivity index (χ2n) is 22.7. The van der Waals surface area contributed by atoms with Gasteiger partial charge in [-0.25, -0.2) is 18.4 Å². The molecule has 9 rings (SSSR count). The van der Waals surface area contributed by atoms with Crippen LogP contribution >= 0.6 is 0 Å². The molecule has 6 aromatic rings. The van der Waals surface area contributed by atoms with Crippen molar-refractivity contribution in [2.45, 2.75) is 144 Å². The van der Waals surface area contributed by atoms with Gasteiger partial charge in [0, 0.05) is 67.5 Å². The van der Waals surface area contributed by atoms with Crippen molar-refractivity contribution in [1.82, 2.24) is 9.97 Å². The number of fused-ring (bicyclic) bond motifs is 6. The lowest BCUT2D eigenvalue weighted by atomic mass is 9.79. The molecule has 4 aromatic carbocycles. The summed E-state index contributed by atoms with van der Waals surface area (Å²) in [6.45, 7) is 21.5. The van der Waals surface area contributed by atoms with Crippen molar-refractivity contribution in [3.63, 3.8) is 0 Å². The highest BCUT2D eigenvalue weighted by Crippen LogP contribution is 2.46. The minimum Gasteiger partial charge on any atom is -0.748 e. The Kier molecular flexibility index (Phi) is 38.1. The number of pyridine rings is 2. The number of hydrogen-bond acceptors (Lipinski definition) is 31. The van der Waals surface area contributed by atoms with E-state index in [1.807, 2.05) is 65.0 Å². The van der Waals surface area contributed by atoms with Gasteiger partial charge in [-0.15, -0.1) is 75.8 Å². The zero-order valence-corrected chi connectivity index (χ0v) is 63.0. The molecule has 0 aliphatic carbocycles. The van der Waals surface area contributed by atoms with Crippen LogP contribution in [0, 0.1) is 0 Å². The first kappa shape index (κ1) is 91.3. The van der Waals surface area contributed by atoms with E-state index in [1.54, 1.807) is 12.1 Å². The van der Waals surface area contributed by atoms with Crippen molar-refractivity contribution in [3.05, 3.63) is 119 Å². The van der Waals surface area contributed by atoms with E-state index in [2.05, 4.69) is 95.8 Å². The highest BCUT2D eigenvalue weighted by Gasteiger charge is 2.44. The number of aromatic nitrogens is 2. The van der Waals surface area contributed by atoms with Gasteiger partial charge < -0.3 is 4.55 Å². The Balaban J connectivity index is 0.000000726. The molecule has 3 aliphatic rings. The van der Waals surface area contributed by atoms with E-state index in [4.69, 9.17) is 80.8 Å². The maximum absolute atomic E-state index is 12.7. The van der Waals surface area contributed by atoms with Crippen LogP contribution in [0.3, 0.4) is 0 Å². The summed E-state index contributed by atoms with van der Waals surface area (Å²) in [4.78, 5) is 64.3. The van der Waals surface area contributed by atoms with Gasteiger partial charge in [0.2, 0.25) is 5.69 Å². The van der Waals surface area contributed by atoms with Gasteiger partial charge in [-0.2, -0.15) is 13.0 Å². The summed E-state index contributed by atoms with van der Waals surface area (Å²) in [5.41, 5.74) is 11.2. The molecule has 5 heterocycles. The molecule has 1 saturated heterocycles. The van der Waals surface area contributed by atoms with Crippen molar-refractivity contribution in [1.29, 1.82) is 0 Å². The summed E-state index contributed by atoms with van der Waals surface area (Å²) in [6, 6.07) is 28.0. The molecule has 0 N–H and O–H groups in total. The molecular weight excluding hydrogens is 1510 g/mol. The van der Waals surface area contributed by atoms with E-state index in [9.17, 15) is 40.6 Å². The summed E-state index contributed by atoms with van der Waals surface area (Å²) in [7, 11) is -26.0. The number of benzene rings is 4. The normalized spacial score (nSPS) is 13.4. The van der Waals surface area contributed by atoms with Crippen LogP contribution in [-0.4, -0.2) is 171 Å². The number of nitrogens with zero attached hydrogens (tertiary/aromatic N) is 4. The fourth-order valence-corrected chi connectivity index (χ4v) is 11.8. The number of hydrogen-bond donors (Lipinski definition) is 0. The molecule has 0 amide bonds. The van der Waals surface area contributed by atoms with Crippen molar-refractivity contribution >= 4 is 151 Å². The quantitative estimate of drug-likeness (QED) is 0.0356. The van der Waals surface area contributed by atoms with Crippen molar-refractivity contribution in [2.24, 2.45) is 4.99 Å². The molecule has 32 nitrogen and oxygen atoms in total. The van der Waals surface area contributed by atoms with Crippen LogP contribution in [0.4, 0.5) is 11.4 Å². The predicted molar refractivity (Wildman–Crippen MR) is 367 cm³/mol. The monoisotopic (exact) mass is 1580 g/mol. The molecule has 556 valence electrons. The Bertz CT molecular complexity index is 4840. The lowest BCUT2D eigenvalue weighted by Gasteiger charge is -2.22. The van der Waals surface area contributed by atoms with Crippen LogP contribution in [0.25, 0.3) is 43.8 Å². The van der Waals surface area contributed by atoms with Gasteiger partial charge in [-0.3, -0.25) is 28.4 Å². The Morgan fingerprint density at radius 1 is 0.500 bits per heavy atom. The van der Waals surface area contributed by atoms with Crippen LogP contribution in [0.2, 0.25) is 0 Å². The van der Waals surface area contributed by atoms with Gasteiger partial charge >= 0.3 is 63.7 Å². The number of rotatable bonds is 18. The maximum atomic E-state index is 12.7. The zero-order valence-electron chi connectivity index (χ0n) is 56.5. The van der Waals surface area contributed by atoms with Crippen molar-refractivity contribution in [3.8, 4) is 22.3 Å². The van der Waals surface area contributed by atoms with E-state index >= 15 is 0 Å². The Hall–Kier alpha value is -8.74. The Labute approximate surface area is 597 Å². The average molecular weight is 1580 g/mol. The lowest BCUT2D eigenvalue weighted by molar-refractivity contribution is -0.438. The second kappa shape index (κ2) is 42.6. The first-order chi connectivity index (χ1) is 47.2. The summed E-state index contributed by atoms with van der Waals surface area (Å²) in [5, 5.41) is 4.42. The first-order valence-electron chi connectivity index (χ1n) is 30.1. The smallest absolute Gasteiger partial charge is 0.425 e. The maximum Gasteiger partial charge on any atom is 0.425 e. The topological polar surface area (TPSA) is 517 Å². The molecule has 0 atom stereocenters. The van der Waals surface area contributed by atoms with Crippen LogP contribution in [0.15, 0.2) is 89.9 Å². The lowest BCUT2D eigenvalue weighted by Crippen LogP contribution is -2.27. The molecule has 40 heteroatoms. The number of Topliss-reactive ketones (excluding diaryl/α,β-unsaturated/α-hetero) is 4. The molecule has 0 radical (unpaired) electrons. The second-order valence-corrected chi connectivity index (χ2v) is 28.4. The molecule has 0 spiro atoms. The summed E-state index contributed by atoms with van der Waals surface area (Å²) in [5.74, 6) is -0.364. The SMILES string of the molecule is CCCC(=O)c1cc(-c2ccc3c4c(ccc3c2)N=C(C)C4(C)C)cc(C(=O)CCC)n1.CCCC(=O)c1cc(-c2ccc3c4c(ccc3c2)[N+](CCCS(=O)(=O)[O-])=C(C)C4(C)C)cc(C(=O)CCC)n1.O=S(=O)=O.O=S(=O)=O.O=S(=O)=O.O=S(=O)=O.O=S(=O)=O.O=S(=O)=O.O=S1(=O)CCCO1. The fourth-order valence-electron chi connectivity index (χ4n) is 10.4. The van der Waals surface area contributed by atoms with E-state index in [-0.39, 0.29) is 51.9 Å². The van der Waals surface area contributed by atoms with E-state index < -0.39 is 83.9 Å². The largest absolute Gasteiger partial charge is 0.748 e. The number of carbonyl (C=O) groups excluding carboxylic acids is 4. The number of aliphatic imine (C=N–C) groups is 1. The zero-order chi connectivity index (χ0) is 78.4. The molecule has 2 aromatic heterocycles. The van der Waals surface area contributed by atoms with Gasteiger partial charge in [0.15, 0.2) is 28.8 Å². The van der Waals surface area contributed by atoms with Crippen LogP contribution < -0.4 is 0 Å². The Morgan fingerprint density at radius 2 is 0.843 bits per heavy atom. The summed E-state index contributed by atoms with van der Waals surface area (Å²) in [6.07, 6.45) is 5.45. The molecular formula is C62H72N4O28S8. The minimum absolute atomic E-state index is 0.0205. The molecule has 0 bridgehead atoms.